The molecule has 7 nitrogen and oxygen atoms in total. The average molecular weight is 435 g/mol. The molecule has 0 bridgehead atoms. The van der Waals surface area contributed by atoms with Crippen molar-refractivity contribution in [1.82, 2.24) is 14.6 Å². The normalized spacial score (nSPS) is 12.6. The Balaban J connectivity index is 1.99. The number of H-pyrrole nitrogens is 1. The van der Waals surface area contributed by atoms with Crippen LogP contribution in [0.5, 0.6) is 0 Å². The highest BCUT2D eigenvalue weighted by molar-refractivity contribution is 6.08. The highest BCUT2D eigenvalue weighted by Crippen LogP contribution is 2.35. The van der Waals surface area contributed by atoms with Gasteiger partial charge in [0.05, 0.1) is 23.5 Å². The average Bonchev–Trinajstić information content (AvgIpc) is 3.20. The third-order valence-corrected chi connectivity index (χ3v) is 5.16. The van der Waals surface area contributed by atoms with Gasteiger partial charge in [-0.1, -0.05) is 41.5 Å². The Morgan fingerprint density at radius 1 is 1.09 bits per heavy atom. The first-order valence-electron chi connectivity index (χ1n) is 10.9. The zero-order valence-electron chi connectivity index (χ0n) is 20.3. The van der Waals surface area contributed by atoms with Gasteiger partial charge in [-0.2, -0.15) is 14.9 Å². The summed E-state index contributed by atoms with van der Waals surface area (Å²) in [5.74, 6) is 0.617. The van der Waals surface area contributed by atoms with Crippen LogP contribution < -0.4 is 10.6 Å². The van der Waals surface area contributed by atoms with Gasteiger partial charge in [0.25, 0.3) is 5.91 Å². The molecule has 0 saturated carbocycles. The van der Waals surface area contributed by atoms with Crippen LogP contribution in [0.25, 0.3) is 5.65 Å². The van der Waals surface area contributed by atoms with Gasteiger partial charge in [0.2, 0.25) is 0 Å². The molecule has 0 aliphatic carbocycles. The molecule has 2 heterocycles. The molecule has 3 aromatic rings. The van der Waals surface area contributed by atoms with Crippen LogP contribution in [0.2, 0.25) is 0 Å². The van der Waals surface area contributed by atoms with E-state index in [0.29, 0.717) is 22.5 Å². The fraction of sp³-hybridized carbons (Fsp3) is 0.480. The van der Waals surface area contributed by atoms with Crippen molar-refractivity contribution >= 4 is 23.1 Å². The molecule has 32 heavy (non-hydrogen) atoms. The smallest absolute Gasteiger partial charge is 0.261 e. The van der Waals surface area contributed by atoms with Crippen molar-refractivity contribution in [2.45, 2.75) is 72.8 Å². The molecule has 0 aliphatic rings. The van der Waals surface area contributed by atoms with E-state index >= 15 is 0 Å². The van der Waals surface area contributed by atoms with Crippen LogP contribution in [0.1, 0.15) is 83.4 Å². The van der Waals surface area contributed by atoms with Gasteiger partial charge >= 0.3 is 0 Å². The Morgan fingerprint density at radius 3 is 2.25 bits per heavy atom. The van der Waals surface area contributed by atoms with Gasteiger partial charge in [-0.3, -0.25) is 4.79 Å². The van der Waals surface area contributed by atoms with Gasteiger partial charge in [-0.25, -0.2) is 0 Å². The van der Waals surface area contributed by atoms with Crippen molar-refractivity contribution in [3.05, 3.63) is 47.3 Å². The quantitative estimate of drug-likeness (QED) is 0.479. The van der Waals surface area contributed by atoms with Crippen LogP contribution in [-0.4, -0.2) is 26.0 Å². The maximum atomic E-state index is 13.0. The molecule has 0 saturated heterocycles. The van der Waals surface area contributed by atoms with E-state index in [-0.39, 0.29) is 22.3 Å². The Hall–Kier alpha value is -3.27. The molecule has 2 aromatic heterocycles. The van der Waals surface area contributed by atoms with E-state index in [1.54, 1.807) is 35.0 Å². The number of carbonyl (C=O) groups excluding carboxylic acids is 1. The zero-order valence-corrected chi connectivity index (χ0v) is 20.3. The Bertz CT molecular complexity index is 1160. The van der Waals surface area contributed by atoms with Crippen molar-refractivity contribution < 1.29 is 4.79 Å². The molecule has 0 radical (unpaired) electrons. The van der Waals surface area contributed by atoms with Crippen LogP contribution in [0.4, 0.5) is 11.5 Å². The van der Waals surface area contributed by atoms with Gasteiger partial charge in [-0.15, -0.1) is 0 Å². The summed E-state index contributed by atoms with van der Waals surface area (Å²) in [6.45, 7) is 17.5. The third kappa shape index (κ3) is 5.13. The SMILES string of the molecule is CC(C)(C)CC(C)(C)Nc1c(C(C)(C)C)[nH]c2c(C(=O)Nc3ccc(C#N)cc3)cnn12. The Morgan fingerprint density at radius 2 is 1.72 bits per heavy atom. The number of nitriles is 1. The number of imidazole rings is 1. The third-order valence-electron chi connectivity index (χ3n) is 5.16. The topological polar surface area (TPSA) is 98.0 Å². The first kappa shape index (κ1) is 23.4. The summed E-state index contributed by atoms with van der Waals surface area (Å²) in [5, 5.41) is 20.1. The number of aromatic nitrogens is 3. The highest BCUT2D eigenvalue weighted by atomic mass is 16.1. The Kier molecular flexibility index (Phi) is 5.86. The molecule has 0 atom stereocenters. The summed E-state index contributed by atoms with van der Waals surface area (Å²) in [5.41, 5.74) is 3.08. The van der Waals surface area contributed by atoms with E-state index < -0.39 is 0 Å². The molecule has 7 heteroatoms. The molecule has 170 valence electrons. The lowest BCUT2D eigenvalue weighted by atomic mass is 9.81. The summed E-state index contributed by atoms with van der Waals surface area (Å²) in [6.07, 6.45) is 2.54. The maximum Gasteiger partial charge on any atom is 0.261 e. The molecule has 0 spiro atoms. The second kappa shape index (κ2) is 8.01. The van der Waals surface area contributed by atoms with E-state index in [2.05, 4.69) is 82.2 Å². The first-order chi connectivity index (χ1) is 14.7. The van der Waals surface area contributed by atoms with Crippen LogP contribution in [-0.2, 0) is 5.41 Å². The fourth-order valence-corrected chi connectivity index (χ4v) is 4.26. The highest BCUT2D eigenvalue weighted by Gasteiger charge is 2.32. The number of nitrogens with zero attached hydrogens (tertiary/aromatic N) is 3. The number of hydrogen-bond donors (Lipinski definition) is 3. The van der Waals surface area contributed by atoms with Crippen molar-refractivity contribution in [2.75, 3.05) is 10.6 Å². The van der Waals surface area contributed by atoms with Gasteiger partial charge in [0.15, 0.2) is 0 Å². The minimum Gasteiger partial charge on any atom is -0.364 e. The molecular weight excluding hydrogens is 400 g/mol. The number of fused-ring (bicyclic) bond motifs is 1. The van der Waals surface area contributed by atoms with E-state index in [1.165, 1.54) is 0 Å². The zero-order chi connectivity index (χ0) is 23.9. The van der Waals surface area contributed by atoms with E-state index in [1.807, 2.05) is 0 Å². The van der Waals surface area contributed by atoms with Gasteiger partial charge in [0.1, 0.15) is 17.0 Å². The summed E-state index contributed by atoms with van der Waals surface area (Å²) >= 11 is 0. The number of aromatic amines is 1. The van der Waals surface area contributed by atoms with E-state index in [9.17, 15) is 4.79 Å². The van der Waals surface area contributed by atoms with Gasteiger partial charge < -0.3 is 15.6 Å². The summed E-state index contributed by atoms with van der Waals surface area (Å²) in [6, 6.07) is 8.86. The predicted molar refractivity (Wildman–Crippen MR) is 129 cm³/mol. The number of anilines is 2. The number of nitrogens with one attached hydrogen (secondary N) is 3. The molecule has 0 aliphatic heterocycles. The molecule has 1 aromatic carbocycles. The predicted octanol–water partition coefficient (Wildman–Crippen LogP) is 5.71. The second-order valence-corrected chi connectivity index (χ2v) is 11.3. The van der Waals surface area contributed by atoms with Crippen LogP contribution >= 0.6 is 0 Å². The lowest BCUT2D eigenvalue weighted by Crippen LogP contribution is -2.36. The summed E-state index contributed by atoms with van der Waals surface area (Å²) in [7, 11) is 0. The molecular formula is C25H34N6O. The molecule has 0 fully saturated rings. The minimum atomic E-state index is -0.257. The molecule has 3 rings (SSSR count). The summed E-state index contributed by atoms with van der Waals surface area (Å²) < 4.78 is 1.79. The summed E-state index contributed by atoms with van der Waals surface area (Å²) in [4.78, 5) is 16.5. The maximum absolute atomic E-state index is 13.0. The second-order valence-electron chi connectivity index (χ2n) is 11.3. The fourth-order valence-electron chi connectivity index (χ4n) is 4.26. The largest absolute Gasteiger partial charge is 0.364 e. The number of carbonyl (C=O) groups is 1. The van der Waals surface area contributed by atoms with Crippen LogP contribution in [0, 0.1) is 16.7 Å². The first-order valence-corrected chi connectivity index (χ1v) is 10.9. The van der Waals surface area contributed by atoms with Gasteiger partial charge in [-0.05, 0) is 49.9 Å². The monoisotopic (exact) mass is 434 g/mol. The van der Waals surface area contributed by atoms with Crippen molar-refractivity contribution in [3.8, 4) is 6.07 Å². The van der Waals surface area contributed by atoms with Crippen LogP contribution in [0.15, 0.2) is 30.5 Å². The Labute approximate surface area is 190 Å². The van der Waals surface area contributed by atoms with E-state index in [4.69, 9.17) is 5.26 Å². The lowest BCUT2D eigenvalue weighted by molar-refractivity contribution is 0.102. The lowest BCUT2D eigenvalue weighted by Gasteiger charge is -2.34. The van der Waals surface area contributed by atoms with Crippen molar-refractivity contribution in [1.29, 1.82) is 5.26 Å². The number of benzene rings is 1. The van der Waals surface area contributed by atoms with Gasteiger partial charge in [0, 0.05) is 16.6 Å². The number of hydrogen-bond acceptors (Lipinski definition) is 4. The molecule has 3 N–H and O–H groups in total. The number of rotatable bonds is 5. The molecule has 0 unspecified atom stereocenters. The van der Waals surface area contributed by atoms with Crippen molar-refractivity contribution in [2.24, 2.45) is 5.41 Å². The molecule has 1 amide bonds. The minimum absolute atomic E-state index is 0.157. The standard InChI is InChI=1S/C25H34N6O/c1-23(2,3)15-25(7,8)30-21-19(24(4,5)6)29-20-18(14-27-31(20)21)22(32)28-17-11-9-16(13-26)10-12-17/h9-12,14,29-30H,15H2,1-8H3,(H,28,32). The van der Waals surface area contributed by atoms with E-state index in [0.717, 1.165) is 17.9 Å². The number of amides is 1. The van der Waals surface area contributed by atoms with Crippen LogP contribution in [0.3, 0.4) is 0 Å². The van der Waals surface area contributed by atoms with Crippen molar-refractivity contribution in [3.63, 3.8) is 0 Å².